The van der Waals surface area contributed by atoms with Crippen molar-refractivity contribution in [1.29, 1.82) is 0 Å². The van der Waals surface area contributed by atoms with E-state index < -0.39 is 10.0 Å². The molecule has 0 aromatic heterocycles. The summed E-state index contributed by atoms with van der Waals surface area (Å²) in [5.41, 5.74) is 5.88. The van der Waals surface area contributed by atoms with E-state index in [0.717, 1.165) is 19.3 Å². The molecule has 1 saturated heterocycles. The largest absolute Gasteiger partial charge is 0.370 e. The highest BCUT2D eigenvalue weighted by Crippen LogP contribution is 2.17. The van der Waals surface area contributed by atoms with Gasteiger partial charge in [-0.05, 0) is 19.3 Å². The molecule has 1 aliphatic carbocycles. The van der Waals surface area contributed by atoms with Crippen LogP contribution in [0.4, 0.5) is 0 Å². The Balaban J connectivity index is 1.73. The fourth-order valence-corrected chi connectivity index (χ4v) is 4.42. The van der Waals surface area contributed by atoms with Gasteiger partial charge in [0, 0.05) is 19.1 Å². The van der Waals surface area contributed by atoms with Gasteiger partial charge in [-0.15, -0.1) is 0 Å². The SMILES string of the molecule is NC(=NCCN1CCCS1(=O)=O)NC1CCCCCC1. The zero-order chi connectivity index (χ0) is 14.4. The molecule has 7 heteroatoms. The van der Waals surface area contributed by atoms with Crippen LogP contribution in [0.2, 0.25) is 0 Å². The smallest absolute Gasteiger partial charge is 0.214 e. The maximum Gasteiger partial charge on any atom is 0.214 e. The number of sulfonamides is 1. The van der Waals surface area contributed by atoms with Gasteiger partial charge >= 0.3 is 0 Å². The van der Waals surface area contributed by atoms with Crippen LogP contribution in [0, 0.1) is 0 Å². The molecule has 0 spiro atoms. The lowest BCUT2D eigenvalue weighted by Crippen LogP contribution is -2.40. The number of hydrogen-bond acceptors (Lipinski definition) is 3. The van der Waals surface area contributed by atoms with Gasteiger partial charge in [0.1, 0.15) is 0 Å². The molecule has 6 nitrogen and oxygen atoms in total. The fraction of sp³-hybridized carbons (Fsp3) is 0.923. The maximum atomic E-state index is 11.6. The second kappa shape index (κ2) is 7.26. The highest BCUT2D eigenvalue weighted by Gasteiger charge is 2.27. The summed E-state index contributed by atoms with van der Waals surface area (Å²) in [5.74, 6) is 0.723. The first-order valence-electron chi connectivity index (χ1n) is 7.62. The van der Waals surface area contributed by atoms with Crippen LogP contribution in [-0.2, 0) is 10.0 Å². The first-order chi connectivity index (χ1) is 9.58. The van der Waals surface area contributed by atoms with Gasteiger partial charge in [0.15, 0.2) is 5.96 Å². The van der Waals surface area contributed by atoms with Crippen molar-refractivity contribution in [3.8, 4) is 0 Å². The van der Waals surface area contributed by atoms with E-state index in [1.807, 2.05) is 0 Å². The Labute approximate surface area is 121 Å². The molecule has 20 heavy (non-hydrogen) atoms. The van der Waals surface area contributed by atoms with Gasteiger partial charge in [-0.3, -0.25) is 4.99 Å². The predicted octanol–water partition coefficient (Wildman–Crippen LogP) is 0.649. The Hall–Kier alpha value is -0.820. The van der Waals surface area contributed by atoms with Crippen molar-refractivity contribution < 1.29 is 8.42 Å². The lowest BCUT2D eigenvalue weighted by molar-refractivity contribution is 0.451. The molecule has 0 aromatic carbocycles. The lowest BCUT2D eigenvalue weighted by atomic mass is 10.1. The zero-order valence-corrected chi connectivity index (χ0v) is 12.9. The molecule has 116 valence electrons. The Morgan fingerprint density at radius 2 is 1.90 bits per heavy atom. The van der Waals surface area contributed by atoms with Crippen LogP contribution >= 0.6 is 0 Å². The number of nitrogens with zero attached hydrogens (tertiary/aromatic N) is 2. The molecule has 0 bridgehead atoms. The van der Waals surface area contributed by atoms with Gasteiger partial charge in [-0.1, -0.05) is 25.7 Å². The molecule has 3 N–H and O–H groups in total. The molecule has 0 aromatic rings. The van der Waals surface area contributed by atoms with E-state index in [1.165, 1.54) is 30.0 Å². The number of guanidine groups is 1. The van der Waals surface area contributed by atoms with Crippen molar-refractivity contribution in [2.24, 2.45) is 10.7 Å². The Bertz CT molecular complexity index is 428. The van der Waals surface area contributed by atoms with Gasteiger partial charge in [0.05, 0.1) is 12.3 Å². The summed E-state index contributed by atoms with van der Waals surface area (Å²) in [6, 6.07) is 0.428. The van der Waals surface area contributed by atoms with Crippen molar-refractivity contribution in [1.82, 2.24) is 9.62 Å². The summed E-state index contributed by atoms with van der Waals surface area (Å²) in [7, 11) is -3.01. The quantitative estimate of drug-likeness (QED) is 0.453. The van der Waals surface area contributed by atoms with Gasteiger partial charge in [0.2, 0.25) is 10.0 Å². The number of nitrogens with one attached hydrogen (secondary N) is 1. The van der Waals surface area contributed by atoms with Crippen LogP contribution in [0.25, 0.3) is 0 Å². The molecule has 2 aliphatic rings. The summed E-state index contributed by atoms with van der Waals surface area (Å²) >= 11 is 0. The summed E-state index contributed by atoms with van der Waals surface area (Å²) in [5, 5.41) is 3.26. The van der Waals surface area contributed by atoms with Crippen molar-refractivity contribution in [3.05, 3.63) is 0 Å². The average molecular weight is 302 g/mol. The van der Waals surface area contributed by atoms with Crippen LogP contribution in [0.1, 0.15) is 44.9 Å². The summed E-state index contributed by atoms with van der Waals surface area (Å²) in [6.07, 6.45) is 8.13. The molecule has 1 saturated carbocycles. The predicted molar refractivity (Wildman–Crippen MR) is 81.1 cm³/mol. The van der Waals surface area contributed by atoms with Gasteiger partial charge in [-0.25, -0.2) is 12.7 Å². The molecular weight excluding hydrogens is 276 g/mol. The fourth-order valence-electron chi connectivity index (χ4n) is 2.90. The van der Waals surface area contributed by atoms with Crippen LogP contribution < -0.4 is 11.1 Å². The summed E-state index contributed by atoms with van der Waals surface area (Å²) in [6.45, 7) is 1.49. The van der Waals surface area contributed by atoms with E-state index in [-0.39, 0.29) is 5.75 Å². The summed E-state index contributed by atoms with van der Waals surface area (Å²) in [4.78, 5) is 4.26. The van der Waals surface area contributed by atoms with Gasteiger partial charge in [0.25, 0.3) is 0 Å². The third kappa shape index (κ3) is 4.63. The van der Waals surface area contributed by atoms with Crippen LogP contribution in [0.5, 0.6) is 0 Å². The third-order valence-corrected chi connectivity index (χ3v) is 6.00. The van der Waals surface area contributed by atoms with E-state index in [4.69, 9.17) is 5.73 Å². The van der Waals surface area contributed by atoms with Crippen molar-refractivity contribution >= 4 is 16.0 Å². The van der Waals surface area contributed by atoms with Crippen molar-refractivity contribution in [2.75, 3.05) is 25.4 Å². The third-order valence-electron chi connectivity index (χ3n) is 4.04. The number of rotatable bonds is 4. The van der Waals surface area contributed by atoms with E-state index in [1.54, 1.807) is 0 Å². The average Bonchev–Trinajstić information content (AvgIpc) is 2.61. The Kier molecular flexibility index (Phi) is 5.65. The van der Waals surface area contributed by atoms with Crippen LogP contribution in [0.15, 0.2) is 4.99 Å². The van der Waals surface area contributed by atoms with E-state index in [9.17, 15) is 8.42 Å². The Morgan fingerprint density at radius 3 is 2.50 bits per heavy atom. The second-order valence-corrected chi connectivity index (χ2v) is 7.76. The minimum Gasteiger partial charge on any atom is -0.370 e. The monoisotopic (exact) mass is 302 g/mol. The van der Waals surface area contributed by atoms with E-state index in [2.05, 4.69) is 10.3 Å². The van der Waals surface area contributed by atoms with Crippen molar-refractivity contribution in [2.45, 2.75) is 51.0 Å². The van der Waals surface area contributed by atoms with E-state index >= 15 is 0 Å². The second-order valence-electron chi connectivity index (χ2n) is 5.67. The summed E-state index contributed by atoms with van der Waals surface area (Å²) < 4.78 is 24.8. The number of nitrogens with two attached hydrogens (primary N) is 1. The van der Waals surface area contributed by atoms with Crippen LogP contribution in [0.3, 0.4) is 0 Å². The first kappa shape index (κ1) is 15.6. The van der Waals surface area contributed by atoms with Gasteiger partial charge < -0.3 is 11.1 Å². The number of hydrogen-bond donors (Lipinski definition) is 2. The highest BCUT2D eigenvalue weighted by atomic mass is 32.2. The molecule has 1 aliphatic heterocycles. The minimum absolute atomic E-state index is 0.270. The molecule has 0 amide bonds. The van der Waals surface area contributed by atoms with E-state index in [0.29, 0.717) is 31.6 Å². The topological polar surface area (TPSA) is 87.8 Å². The maximum absolute atomic E-state index is 11.6. The standard InChI is InChI=1S/C13H26N4O2S/c14-13(16-12-6-3-1-2-4-7-12)15-8-10-17-9-5-11-20(17,18)19/h12H,1-11H2,(H3,14,15,16). The zero-order valence-electron chi connectivity index (χ0n) is 12.1. The molecule has 1 heterocycles. The molecule has 0 unspecified atom stereocenters. The van der Waals surface area contributed by atoms with Crippen LogP contribution in [-0.4, -0.2) is 50.1 Å². The first-order valence-corrected chi connectivity index (χ1v) is 9.23. The minimum atomic E-state index is -3.01. The molecular formula is C13H26N4O2S. The highest BCUT2D eigenvalue weighted by molar-refractivity contribution is 7.89. The Morgan fingerprint density at radius 1 is 1.20 bits per heavy atom. The van der Waals surface area contributed by atoms with Crippen molar-refractivity contribution in [3.63, 3.8) is 0 Å². The molecule has 2 fully saturated rings. The normalized spacial score (nSPS) is 25.5. The lowest BCUT2D eigenvalue weighted by Gasteiger charge is -2.17. The van der Waals surface area contributed by atoms with Gasteiger partial charge in [-0.2, -0.15) is 0 Å². The molecule has 2 rings (SSSR count). The molecule has 0 radical (unpaired) electrons. The number of aliphatic imine (C=N–C) groups is 1. The molecule has 0 atom stereocenters.